The van der Waals surface area contributed by atoms with Crippen LogP contribution in [0.4, 0.5) is 0 Å². The number of aliphatic imine (C=N–C) groups is 1. The first-order valence-electron chi connectivity index (χ1n) is 5.31. The molecule has 0 aromatic carbocycles. The van der Waals surface area contributed by atoms with Crippen molar-refractivity contribution in [3.05, 3.63) is 0 Å². The molecule has 14 heavy (non-hydrogen) atoms. The molecule has 82 valence electrons. The van der Waals surface area contributed by atoms with Crippen LogP contribution >= 0.6 is 0 Å². The summed E-state index contributed by atoms with van der Waals surface area (Å²) < 4.78 is 5.51. The fourth-order valence-electron chi connectivity index (χ4n) is 1.73. The fraction of sp³-hybridized carbons (Fsp3) is 0.900. The Morgan fingerprint density at radius 2 is 2.29 bits per heavy atom. The van der Waals surface area contributed by atoms with Crippen LogP contribution in [0.1, 0.15) is 39.0 Å². The van der Waals surface area contributed by atoms with Gasteiger partial charge in [-0.1, -0.05) is 6.92 Å². The first-order valence-corrected chi connectivity index (χ1v) is 5.31. The molecule has 4 heteroatoms. The van der Waals surface area contributed by atoms with Crippen molar-refractivity contribution < 1.29 is 4.74 Å². The number of ether oxygens (including phenoxy) is 1. The summed E-state index contributed by atoms with van der Waals surface area (Å²) in [6, 6.07) is 0. The zero-order valence-electron chi connectivity index (χ0n) is 9.18. The number of nitrogens with one attached hydrogen (secondary N) is 1. The van der Waals surface area contributed by atoms with Crippen molar-refractivity contribution in [3.63, 3.8) is 0 Å². The van der Waals surface area contributed by atoms with E-state index < -0.39 is 0 Å². The second kappa shape index (κ2) is 5.32. The maximum absolute atomic E-state index is 5.51. The van der Waals surface area contributed by atoms with Crippen molar-refractivity contribution in [3.8, 4) is 0 Å². The highest BCUT2D eigenvalue weighted by Crippen LogP contribution is 2.37. The van der Waals surface area contributed by atoms with Gasteiger partial charge >= 0.3 is 0 Å². The third-order valence-corrected chi connectivity index (χ3v) is 2.88. The standard InChI is InChI=1S/C10H21N3O/c1-3-7-12-9(13-11)8-10(14-2)5-4-6-10/h3-8,11H2,1-2H3,(H,12,13). The van der Waals surface area contributed by atoms with E-state index in [0.29, 0.717) is 0 Å². The summed E-state index contributed by atoms with van der Waals surface area (Å²) in [6.45, 7) is 2.94. The number of nitrogens with two attached hydrogens (primary N) is 1. The molecule has 0 aromatic rings. The normalized spacial score (nSPS) is 20.4. The van der Waals surface area contributed by atoms with Gasteiger partial charge in [0.05, 0.1) is 5.60 Å². The molecule has 0 aromatic heterocycles. The minimum atomic E-state index is 0.0128. The van der Waals surface area contributed by atoms with E-state index in [9.17, 15) is 0 Å². The number of hydrazine groups is 1. The fourth-order valence-corrected chi connectivity index (χ4v) is 1.73. The molecular formula is C10H21N3O. The van der Waals surface area contributed by atoms with E-state index in [4.69, 9.17) is 10.6 Å². The largest absolute Gasteiger partial charge is 0.378 e. The Kier molecular flexibility index (Phi) is 4.35. The van der Waals surface area contributed by atoms with Crippen LogP contribution in [0.5, 0.6) is 0 Å². The summed E-state index contributed by atoms with van der Waals surface area (Å²) in [6.07, 6.45) is 5.36. The Bertz CT molecular complexity index is 194. The summed E-state index contributed by atoms with van der Waals surface area (Å²) in [5, 5.41) is 0. The Labute approximate surface area is 85.9 Å². The Morgan fingerprint density at radius 1 is 1.57 bits per heavy atom. The predicted octanol–water partition coefficient (Wildman–Crippen LogP) is 1.22. The van der Waals surface area contributed by atoms with Gasteiger partial charge in [0.1, 0.15) is 5.84 Å². The molecule has 0 saturated heterocycles. The molecule has 0 bridgehead atoms. The van der Waals surface area contributed by atoms with Crippen molar-refractivity contribution in [1.29, 1.82) is 0 Å². The van der Waals surface area contributed by atoms with Crippen LogP contribution in [-0.2, 0) is 4.74 Å². The molecule has 1 fully saturated rings. The van der Waals surface area contributed by atoms with Gasteiger partial charge in [-0.3, -0.25) is 4.99 Å². The zero-order chi connectivity index (χ0) is 10.4. The Morgan fingerprint density at radius 3 is 2.64 bits per heavy atom. The van der Waals surface area contributed by atoms with E-state index in [1.165, 1.54) is 6.42 Å². The lowest BCUT2D eigenvalue weighted by Crippen LogP contribution is -2.45. The van der Waals surface area contributed by atoms with Gasteiger partial charge in [0, 0.05) is 20.1 Å². The molecule has 0 unspecified atom stereocenters. The molecular weight excluding hydrogens is 178 g/mol. The summed E-state index contributed by atoms with van der Waals surface area (Å²) >= 11 is 0. The van der Waals surface area contributed by atoms with Gasteiger partial charge in [-0.05, 0) is 25.7 Å². The second-order valence-corrected chi connectivity index (χ2v) is 3.89. The molecule has 0 aliphatic heterocycles. The average molecular weight is 199 g/mol. The molecule has 0 spiro atoms. The van der Waals surface area contributed by atoms with Gasteiger partial charge in [0.15, 0.2) is 0 Å². The molecule has 1 aliphatic carbocycles. The van der Waals surface area contributed by atoms with Gasteiger partial charge in [-0.25, -0.2) is 5.84 Å². The van der Waals surface area contributed by atoms with Gasteiger partial charge < -0.3 is 10.2 Å². The summed E-state index contributed by atoms with van der Waals surface area (Å²) in [7, 11) is 1.77. The monoisotopic (exact) mass is 199 g/mol. The van der Waals surface area contributed by atoms with Gasteiger partial charge in [-0.15, -0.1) is 0 Å². The third kappa shape index (κ3) is 2.69. The van der Waals surface area contributed by atoms with Crippen molar-refractivity contribution >= 4 is 5.84 Å². The van der Waals surface area contributed by atoms with Crippen LogP contribution in [0.25, 0.3) is 0 Å². The topological polar surface area (TPSA) is 59.6 Å². The minimum Gasteiger partial charge on any atom is -0.378 e. The molecule has 1 saturated carbocycles. The number of hydrogen-bond donors (Lipinski definition) is 2. The average Bonchev–Trinajstić information content (AvgIpc) is 2.16. The van der Waals surface area contributed by atoms with Crippen molar-refractivity contribution in [2.45, 2.75) is 44.6 Å². The van der Waals surface area contributed by atoms with Crippen molar-refractivity contribution in [1.82, 2.24) is 5.43 Å². The van der Waals surface area contributed by atoms with E-state index in [-0.39, 0.29) is 5.60 Å². The lowest BCUT2D eigenvalue weighted by Gasteiger charge is -2.40. The zero-order valence-corrected chi connectivity index (χ0v) is 9.18. The molecule has 1 rings (SSSR count). The minimum absolute atomic E-state index is 0.0128. The molecule has 3 N–H and O–H groups in total. The van der Waals surface area contributed by atoms with E-state index in [0.717, 1.165) is 38.1 Å². The first-order chi connectivity index (χ1) is 6.76. The molecule has 0 atom stereocenters. The molecule has 0 amide bonds. The van der Waals surface area contributed by atoms with Crippen molar-refractivity contribution in [2.24, 2.45) is 10.8 Å². The van der Waals surface area contributed by atoms with Gasteiger partial charge in [-0.2, -0.15) is 0 Å². The van der Waals surface area contributed by atoms with E-state index in [2.05, 4.69) is 17.3 Å². The van der Waals surface area contributed by atoms with E-state index in [1.807, 2.05) is 0 Å². The number of rotatable bonds is 5. The van der Waals surface area contributed by atoms with Gasteiger partial charge in [0.25, 0.3) is 0 Å². The molecule has 4 nitrogen and oxygen atoms in total. The summed E-state index contributed by atoms with van der Waals surface area (Å²) in [5.74, 6) is 6.29. The van der Waals surface area contributed by atoms with Crippen LogP contribution in [0.3, 0.4) is 0 Å². The Balaban J connectivity index is 2.46. The first kappa shape index (κ1) is 11.5. The Hall–Kier alpha value is -0.610. The SMILES string of the molecule is CCCN=C(CC1(OC)CCC1)NN. The van der Waals surface area contributed by atoms with E-state index in [1.54, 1.807) is 7.11 Å². The van der Waals surface area contributed by atoms with Gasteiger partial charge in [0.2, 0.25) is 0 Å². The maximum atomic E-state index is 5.51. The van der Waals surface area contributed by atoms with E-state index >= 15 is 0 Å². The summed E-state index contributed by atoms with van der Waals surface area (Å²) in [5.41, 5.74) is 2.68. The lowest BCUT2D eigenvalue weighted by molar-refractivity contribution is -0.0658. The van der Waals surface area contributed by atoms with Crippen LogP contribution in [0.2, 0.25) is 0 Å². The summed E-state index contributed by atoms with van der Waals surface area (Å²) in [4.78, 5) is 4.38. The second-order valence-electron chi connectivity index (χ2n) is 3.89. The number of hydrogen-bond acceptors (Lipinski definition) is 3. The maximum Gasteiger partial charge on any atom is 0.113 e. The smallest absolute Gasteiger partial charge is 0.113 e. The number of nitrogens with zero attached hydrogens (tertiary/aromatic N) is 1. The highest BCUT2D eigenvalue weighted by atomic mass is 16.5. The predicted molar refractivity (Wildman–Crippen MR) is 58.1 cm³/mol. The number of amidine groups is 1. The van der Waals surface area contributed by atoms with Crippen LogP contribution in [-0.4, -0.2) is 25.1 Å². The third-order valence-electron chi connectivity index (χ3n) is 2.88. The van der Waals surface area contributed by atoms with Crippen LogP contribution < -0.4 is 11.3 Å². The van der Waals surface area contributed by atoms with Crippen molar-refractivity contribution in [2.75, 3.05) is 13.7 Å². The molecule has 0 radical (unpaired) electrons. The van der Waals surface area contributed by atoms with Crippen LogP contribution in [0.15, 0.2) is 4.99 Å². The highest BCUT2D eigenvalue weighted by molar-refractivity contribution is 5.82. The van der Waals surface area contributed by atoms with Crippen LogP contribution in [0, 0.1) is 0 Å². The highest BCUT2D eigenvalue weighted by Gasteiger charge is 2.37. The molecule has 1 aliphatic rings. The number of methoxy groups -OCH3 is 1. The molecule has 0 heterocycles. The lowest BCUT2D eigenvalue weighted by atomic mass is 9.77. The quantitative estimate of drug-likeness (QED) is 0.303.